The van der Waals surface area contributed by atoms with Crippen LogP contribution in [0.5, 0.6) is 5.75 Å². The summed E-state index contributed by atoms with van der Waals surface area (Å²) < 4.78 is 9.81. The number of aromatic nitrogens is 1. The number of nitrogen functional groups attached to an aromatic ring is 1. The molecule has 0 aliphatic carbocycles. The molecule has 1 aromatic heterocycles. The van der Waals surface area contributed by atoms with Crippen molar-refractivity contribution in [2.24, 2.45) is 0 Å². The molecule has 0 radical (unpaired) electrons. The Morgan fingerprint density at radius 2 is 2.20 bits per heavy atom. The first-order chi connectivity index (χ1) is 7.04. The van der Waals surface area contributed by atoms with E-state index in [1.165, 1.54) is 7.11 Å². The normalized spacial score (nSPS) is 11.9. The van der Waals surface area contributed by atoms with Crippen LogP contribution >= 0.6 is 0 Å². The van der Waals surface area contributed by atoms with Gasteiger partial charge in [-0.2, -0.15) is 0 Å². The van der Waals surface area contributed by atoms with Crippen molar-refractivity contribution in [2.45, 2.75) is 20.0 Å². The summed E-state index contributed by atoms with van der Waals surface area (Å²) >= 11 is 0. The molecule has 1 atom stereocenters. The molecule has 2 N–H and O–H groups in total. The Balaban J connectivity index is 2.76. The van der Waals surface area contributed by atoms with Crippen LogP contribution in [0.2, 0.25) is 0 Å². The third-order valence-corrected chi connectivity index (χ3v) is 1.86. The van der Waals surface area contributed by atoms with E-state index in [1.54, 1.807) is 19.1 Å². The van der Waals surface area contributed by atoms with Gasteiger partial charge in [-0.25, -0.2) is 9.78 Å². The molecule has 0 amide bonds. The largest absolute Gasteiger partial charge is 0.475 e. The number of pyridine rings is 1. The summed E-state index contributed by atoms with van der Waals surface area (Å²) in [5.74, 6) is 0.208. The maximum absolute atomic E-state index is 11.1. The lowest BCUT2D eigenvalue weighted by Gasteiger charge is -2.13. The van der Waals surface area contributed by atoms with Crippen molar-refractivity contribution >= 4 is 11.8 Å². The Labute approximate surface area is 88.2 Å². The lowest BCUT2D eigenvalue weighted by Crippen LogP contribution is -2.25. The molecule has 5 nitrogen and oxygen atoms in total. The Morgan fingerprint density at radius 1 is 1.53 bits per heavy atom. The average molecular weight is 210 g/mol. The number of methoxy groups -OCH3 is 1. The Bertz CT molecular complexity index is 366. The van der Waals surface area contributed by atoms with Gasteiger partial charge in [-0.15, -0.1) is 0 Å². The van der Waals surface area contributed by atoms with Crippen molar-refractivity contribution in [3.8, 4) is 5.75 Å². The molecule has 1 aromatic rings. The SMILES string of the molecule is COC(=O)C(C)Oc1ccc(C)nc1N. The van der Waals surface area contributed by atoms with Crippen LogP contribution in [0.4, 0.5) is 5.82 Å². The predicted octanol–water partition coefficient (Wildman–Crippen LogP) is 0.913. The van der Waals surface area contributed by atoms with E-state index >= 15 is 0 Å². The van der Waals surface area contributed by atoms with E-state index in [-0.39, 0.29) is 5.82 Å². The van der Waals surface area contributed by atoms with Crippen LogP contribution in [-0.4, -0.2) is 24.2 Å². The van der Waals surface area contributed by atoms with Crippen molar-refractivity contribution in [2.75, 3.05) is 12.8 Å². The van der Waals surface area contributed by atoms with Gasteiger partial charge < -0.3 is 15.2 Å². The number of carbonyl (C=O) groups is 1. The summed E-state index contributed by atoms with van der Waals surface area (Å²) in [6.07, 6.45) is -0.693. The molecule has 0 fully saturated rings. The zero-order chi connectivity index (χ0) is 11.4. The number of esters is 1. The van der Waals surface area contributed by atoms with Crippen LogP contribution in [0, 0.1) is 6.92 Å². The van der Waals surface area contributed by atoms with E-state index in [0.29, 0.717) is 5.75 Å². The number of hydrogen-bond acceptors (Lipinski definition) is 5. The second-order valence-corrected chi connectivity index (χ2v) is 3.12. The second kappa shape index (κ2) is 4.63. The lowest BCUT2D eigenvalue weighted by atomic mass is 10.3. The van der Waals surface area contributed by atoms with Gasteiger partial charge in [0.1, 0.15) is 0 Å². The third kappa shape index (κ3) is 2.83. The monoisotopic (exact) mass is 210 g/mol. The molecular weight excluding hydrogens is 196 g/mol. The number of ether oxygens (including phenoxy) is 2. The number of hydrogen-bond donors (Lipinski definition) is 1. The molecule has 15 heavy (non-hydrogen) atoms. The molecule has 5 heteroatoms. The molecule has 82 valence electrons. The lowest BCUT2D eigenvalue weighted by molar-refractivity contribution is -0.147. The molecule has 0 aromatic carbocycles. The Hall–Kier alpha value is -1.78. The smallest absolute Gasteiger partial charge is 0.346 e. The zero-order valence-corrected chi connectivity index (χ0v) is 8.98. The van der Waals surface area contributed by atoms with Crippen LogP contribution < -0.4 is 10.5 Å². The highest BCUT2D eigenvalue weighted by molar-refractivity contribution is 5.74. The number of carbonyl (C=O) groups excluding carboxylic acids is 1. The Morgan fingerprint density at radius 3 is 2.73 bits per heavy atom. The van der Waals surface area contributed by atoms with Gasteiger partial charge in [-0.05, 0) is 26.0 Å². The summed E-state index contributed by atoms with van der Waals surface area (Å²) in [5, 5.41) is 0. The van der Waals surface area contributed by atoms with Gasteiger partial charge in [-0.3, -0.25) is 0 Å². The highest BCUT2D eigenvalue weighted by Gasteiger charge is 2.16. The van der Waals surface area contributed by atoms with E-state index in [9.17, 15) is 4.79 Å². The fraction of sp³-hybridized carbons (Fsp3) is 0.400. The van der Waals surface area contributed by atoms with Gasteiger partial charge >= 0.3 is 5.97 Å². The third-order valence-electron chi connectivity index (χ3n) is 1.86. The van der Waals surface area contributed by atoms with Gasteiger partial charge in [0, 0.05) is 5.69 Å². The summed E-state index contributed by atoms with van der Waals surface area (Å²) in [6.45, 7) is 3.41. The van der Waals surface area contributed by atoms with Crippen LogP contribution in [0.15, 0.2) is 12.1 Å². The van der Waals surface area contributed by atoms with Gasteiger partial charge in [-0.1, -0.05) is 0 Å². The maximum atomic E-state index is 11.1. The van der Waals surface area contributed by atoms with Gasteiger partial charge in [0.15, 0.2) is 17.7 Å². The number of aryl methyl sites for hydroxylation is 1. The van der Waals surface area contributed by atoms with Gasteiger partial charge in [0.2, 0.25) is 0 Å². The predicted molar refractivity (Wildman–Crippen MR) is 55.5 cm³/mol. The molecule has 0 bridgehead atoms. The minimum atomic E-state index is -0.693. The van der Waals surface area contributed by atoms with Crippen LogP contribution in [0.3, 0.4) is 0 Å². The fourth-order valence-electron chi connectivity index (χ4n) is 1.07. The first-order valence-electron chi connectivity index (χ1n) is 4.52. The number of anilines is 1. The van der Waals surface area contributed by atoms with E-state index in [2.05, 4.69) is 9.72 Å². The van der Waals surface area contributed by atoms with E-state index in [1.807, 2.05) is 6.92 Å². The quantitative estimate of drug-likeness (QED) is 0.750. The van der Waals surface area contributed by atoms with Crippen molar-refractivity contribution in [3.63, 3.8) is 0 Å². The average Bonchev–Trinajstić information content (AvgIpc) is 2.20. The van der Waals surface area contributed by atoms with E-state index < -0.39 is 12.1 Å². The maximum Gasteiger partial charge on any atom is 0.346 e. The molecule has 0 spiro atoms. The highest BCUT2D eigenvalue weighted by atomic mass is 16.6. The van der Waals surface area contributed by atoms with Crippen molar-refractivity contribution in [1.82, 2.24) is 4.98 Å². The second-order valence-electron chi connectivity index (χ2n) is 3.12. The molecule has 0 saturated heterocycles. The summed E-state index contributed by atoms with van der Waals surface area (Å²) in [6, 6.07) is 3.44. The molecule has 0 aliphatic rings. The van der Waals surface area contributed by atoms with Gasteiger partial charge in [0.25, 0.3) is 0 Å². The molecule has 0 saturated carbocycles. The highest BCUT2D eigenvalue weighted by Crippen LogP contribution is 2.20. The molecular formula is C10H14N2O3. The molecule has 0 aliphatic heterocycles. The standard InChI is InChI=1S/C10H14N2O3/c1-6-4-5-8(9(11)12-6)15-7(2)10(13)14-3/h4-5,7H,1-3H3,(H2,11,12). The number of rotatable bonds is 3. The van der Waals surface area contributed by atoms with E-state index in [4.69, 9.17) is 10.5 Å². The summed E-state index contributed by atoms with van der Waals surface area (Å²) in [4.78, 5) is 15.1. The van der Waals surface area contributed by atoms with Crippen molar-refractivity contribution < 1.29 is 14.3 Å². The minimum absolute atomic E-state index is 0.269. The van der Waals surface area contributed by atoms with Crippen LogP contribution in [-0.2, 0) is 9.53 Å². The molecule has 1 unspecified atom stereocenters. The first-order valence-corrected chi connectivity index (χ1v) is 4.52. The Kier molecular flexibility index (Phi) is 3.49. The van der Waals surface area contributed by atoms with E-state index in [0.717, 1.165) is 5.69 Å². The van der Waals surface area contributed by atoms with Crippen LogP contribution in [0.1, 0.15) is 12.6 Å². The van der Waals surface area contributed by atoms with Crippen molar-refractivity contribution in [1.29, 1.82) is 0 Å². The zero-order valence-electron chi connectivity index (χ0n) is 8.98. The summed E-state index contributed by atoms with van der Waals surface area (Å²) in [5.41, 5.74) is 6.42. The summed E-state index contributed by atoms with van der Waals surface area (Å²) in [7, 11) is 1.30. The topological polar surface area (TPSA) is 74.4 Å². The molecule has 1 heterocycles. The fourth-order valence-corrected chi connectivity index (χ4v) is 1.07. The van der Waals surface area contributed by atoms with Gasteiger partial charge in [0.05, 0.1) is 7.11 Å². The number of nitrogens with two attached hydrogens (primary N) is 1. The van der Waals surface area contributed by atoms with Crippen LogP contribution in [0.25, 0.3) is 0 Å². The first kappa shape index (κ1) is 11.3. The minimum Gasteiger partial charge on any atom is -0.475 e. The molecule has 1 rings (SSSR count). The number of nitrogens with zero attached hydrogens (tertiary/aromatic N) is 1. The van der Waals surface area contributed by atoms with Crippen molar-refractivity contribution in [3.05, 3.63) is 17.8 Å².